The summed E-state index contributed by atoms with van der Waals surface area (Å²) in [6, 6.07) is 0. The third-order valence-corrected chi connectivity index (χ3v) is 0.411. The van der Waals surface area contributed by atoms with Gasteiger partial charge in [0.05, 0.1) is 6.54 Å². The zero-order chi connectivity index (χ0) is 6.24. The Morgan fingerprint density at radius 1 is 1.62 bits per heavy atom. The van der Waals surface area contributed by atoms with Crippen molar-refractivity contribution < 1.29 is 0 Å². The van der Waals surface area contributed by atoms with Crippen LogP contribution >= 0.6 is 0 Å². The van der Waals surface area contributed by atoms with Gasteiger partial charge in [0.25, 0.3) is 0 Å². The zero-order valence-electron chi connectivity index (χ0n) is 4.49. The number of rotatable bonds is 3. The Labute approximate surface area is 47.8 Å². The first-order valence-electron chi connectivity index (χ1n) is 2.11. The van der Waals surface area contributed by atoms with Crippen molar-refractivity contribution in [1.82, 2.24) is 0 Å². The van der Waals surface area contributed by atoms with Gasteiger partial charge in [0.2, 0.25) is 0 Å². The van der Waals surface area contributed by atoms with Gasteiger partial charge in [-0.1, -0.05) is 6.08 Å². The monoisotopic (exact) mass is 112 g/mol. The Kier molecular flexibility index (Phi) is 4.95. The molecular formula is C4H8N4. The average molecular weight is 112 g/mol. The molecule has 2 N–H and O–H groups in total. The van der Waals surface area contributed by atoms with Crippen molar-refractivity contribution in [1.29, 1.82) is 0 Å². The molecule has 4 heteroatoms. The van der Waals surface area contributed by atoms with Crippen LogP contribution in [-0.4, -0.2) is 12.9 Å². The highest BCUT2D eigenvalue weighted by Gasteiger charge is 1.63. The van der Waals surface area contributed by atoms with Crippen LogP contribution in [0, 0.1) is 0 Å². The molecule has 0 aliphatic carbocycles. The van der Waals surface area contributed by atoms with E-state index in [1.165, 1.54) is 6.34 Å². The molecule has 0 aliphatic heterocycles. The van der Waals surface area contributed by atoms with Gasteiger partial charge in [0, 0.05) is 0 Å². The molecule has 0 rings (SSSR count). The molecule has 0 heterocycles. The topological polar surface area (TPSA) is 63.1 Å². The maximum Gasteiger partial charge on any atom is 0.157 e. The second kappa shape index (κ2) is 5.81. The Morgan fingerprint density at radius 3 is 2.88 bits per heavy atom. The minimum Gasteiger partial charge on any atom is -0.322 e. The number of hydrazone groups is 1. The van der Waals surface area contributed by atoms with Gasteiger partial charge in [-0.25, -0.2) is 0 Å². The smallest absolute Gasteiger partial charge is 0.157 e. The lowest BCUT2D eigenvalue weighted by Crippen LogP contribution is -1.77. The Bertz CT molecular complexity index is 105. The zero-order valence-corrected chi connectivity index (χ0v) is 4.49. The molecule has 0 atom stereocenters. The highest BCUT2D eigenvalue weighted by atomic mass is 15.2. The van der Waals surface area contributed by atoms with E-state index in [1.54, 1.807) is 6.08 Å². The van der Waals surface area contributed by atoms with Crippen LogP contribution in [-0.2, 0) is 0 Å². The van der Waals surface area contributed by atoms with E-state index in [2.05, 4.69) is 21.9 Å². The molecule has 0 aromatic rings. The Hall–Kier alpha value is -1.19. The fraction of sp³-hybridized carbons (Fsp3) is 0.250. The van der Waals surface area contributed by atoms with Gasteiger partial charge in [0.1, 0.15) is 0 Å². The van der Waals surface area contributed by atoms with Gasteiger partial charge in [-0.05, 0) is 0 Å². The summed E-state index contributed by atoms with van der Waals surface area (Å²) in [5, 5.41) is 10.1. The fourth-order valence-corrected chi connectivity index (χ4v) is 0.171. The molecule has 0 radical (unpaired) electrons. The summed E-state index contributed by atoms with van der Waals surface area (Å²) in [5.74, 6) is 4.70. The standard InChI is InChI=1S/C4H8N4/c1-2-3-7-8-4-6-5/h2,4H,1,3,5H2. The van der Waals surface area contributed by atoms with E-state index in [-0.39, 0.29) is 0 Å². The molecular weight excluding hydrogens is 104 g/mol. The first kappa shape index (κ1) is 6.81. The third-order valence-electron chi connectivity index (χ3n) is 0.411. The Balaban J connectivity index is 3.19. The summed E-state index contributed by atoms with van der Waals surface area (Å²) in [7, 11) is 0. The largest absolute Gasteiger partial charge is 0.322 e. The number of nitrogens with zero attached hydrogens (tertiary/aromatic N) is 3. The molecule has 0 fully saturated rings. The minimum absolute atomic E-state index is 0.506. The molecule has 0 saturated carbocycles. The molecule has 0 bridgehead atoms. The number of nitrogens with two attached hydrogens (primary N) is 1. The molecule has 0 aliphatic rings. The van der Waals surface area contributed by atoms with E-state index in [0.29, 0.717) is 6.54 Å². The number of hydrogen-bond donors (Lipinski definition) is 1. The predicted molar refractivity (Wildman–Crippen MR) is 32.6 cm³/mol. The quantitative estimate of drug-likeness (QED) is 0.142. The van der Waals surface area contributed by atoms with Gasteiger partial charge in [-0.3, -0.25) is 0 Å². The van der Waals surface area contributed by atoms with Crippen molar-refractivity contribution in [2.24, 2.45) is 21.2 Å². The van der Waals surface area contributed by atoms with Crippen molar-refractivity contribution in [3.05, 3.63) is 12.7 Å². The molecule has 4 nitrogen and oxygen atoms in total. The summed E-state index contributed by atoms with van der Waals surface area (Å²) in [4.78, 5) is 0. The van der Waals surface area contributed by atoms with Crippen LogP contribution in [0.4, 0.5) is 0 Å². The van der Waals surface area contributed by atoms with Crippen LogP contribution in [0.3, 0.4) is 0 Å². The lowest BCUT2D eigenvalue weighted by Gasteiger charge is -1.73. The van der Waals surface area contributed by atoms with Crippen LogP contribution in [0.1, 0.15) is 0 Å². The molecule has 0 aromatic heterocycles. The summed E-state index contributed by atoms with van der Waals surface area (Å²) in [6.45, 7) is 3.93. The van der Waals surface area contributed by atoms with Crippen LogP contribution in [0.5, 0.6) is 0 Å². The third kappa shape index (κ3) is 4.81. The van der Waals surface area contributed by atoms with Gasteiger partial charge >= 0.3 is 0 Å². The number of azo groups is 1. The van der Waals surface area contributed by atoms with E-state index in [1.807, 2.05) is 0 Å². The summed E-state index contributed by atoms with van der Waals surface area (Å²) >= 11 is 0. The first-order chi connectivity index (χ1) is 3.91. The summed E-state index contributed by atoms with van der Waals surface area (Å²) < 4.78 is 0. The molecule has 0 spiro atoms. The second-order valence-corrected chi connectivity index (χ2v) is 0.993. The van der Waals surface area contributed by atoms with E-state index in [9.17, 15) is 0 Å². The maximum absolute atomic E-state index is 4.70. The van der Waals surface area contributed by atoms with E-state index < -0.39 is 0 Å². The van der Waals surface area contributed by atoms with Crippen molar-refractivity contribution in [2.45, 2.75) is 0 Å². The molecule has 44 valence electrons. The SMILES string of the molecule is C=CCN=NC=NN. The molecule has 0 saturated heterocycles. The fourth-order valence-electron chi connectivity index (χ4n) is 0.171. The maximum atomic E-state index is 4.70. The van der Waals surface area contributed by atoms with Crippen molar-refractivity contribution in [3.63, 3.8) is 0 Å². The van der Waals surface area contributed by atoms with E-state index in [4.69, 9.17) is 5.84 Å². The lowest BCUT2D eigenvalue weighted by molar-refractivity contribution is 1.09. The molecule has 0 amide bonds. The van der Waals surface area contributed by atoms with Gasteiger partial charge in [-0.15, -0.1) is 11.7 Å². The second-order valence-electron chi connectivity index (χ2n) is 0.993. The predicted octanol–water partition coefficient (Wildman–Crippen LogP) is 0.527. The van der Waals surface area contributed by atoms with Crippen molar-refractivity contribution in [3.8, 4) is 0 Å². The lowest BCUT2D eigenvalue weighted by atomic mass is 10.7. The van der Waals surface area contributed by atoms with Gasteiger partial charge in [0.15, 0.2) is 6.34 Å². The van der Waals surface area contributed by atoms with Crippen molar-refractivity contribution >= 4 is 6.34 Å². The van der Waals surface area contributed by atoms with Crippen LogP contribution in [0.15, 0.2) is 28.0 Å². The van der Waals surface area contributed by atoms with E-state index in [0.717, 1.165) is 0 Å². The summed E-state index contributed by atoms with van der Waals surface area (Å²) in [6.07, 6.45) is 2.80. The van der Waals surface area contributed by atoms with E-state index >= 15 is 0 Å². The molecule has 0 aromatic carbocycles. The normalized spacial score (nSPS) is 11.0. The van der Waals surface area contributed by atoms with Crippen LogP contribution in [0.2, 0.25) is 0 Å². The van der Waals surface area contributed by atoms with Gasteiger partial charge in [-0.2, -0.15) is 10.2 Å². The van der Waals surface area contributed by atoms with Crippen LogP contribution < -0.4 is 5.84 Å². The Morgan fingerprint density at radius 2 is 2.38 bits per heavy atom. The molecule has 0 unspecified atom stereocenters. The molecule has 8 heavy (non-hydrogen) atoms. The van der Waals surface area contributed by atoms with Gasteiger partial charge < -0.3 is 5.84 Å². The minimum atomic E-state index is 0.506. The first-order valence-corrected chi connectivity index (χ1v) is 2.11. The summed E-state index contributed by atoms with van der Waals surface area (Å²) in [5.41, 5.74) is 0. The van der Waals surface area contributed by atoms with Crippen molar-refractivity contribution in [2.75, 3.05) is 6.54 Å². The highest BCUT2D eigenvalue weighted by Crippen LogP contribution is 1.70. The highest BCUT2D eigenvalue weighted by molar-refractivity contribution is 5.53. The average Bonchev–Trinajstić information content (AvgIpc) is 1.81. The van der Waals surface area contributed by atoms with Crippen LogP contribution in [0.25, 0.3) is 0 Å². The number of hydrogen-bond acceptors (Lipinski definition) is 3.